The zero-order valence-corrected chi connectivity index (χ0v) is 14.0. The summed E-state index contributed by atoms with van der Waals surface area (Å²) < 4.78 is 36.9. The van der Waals surface area contributed by atoms with Gasteiger partial charge in [0.1, 0.15) is 10.9 Å². The summed E-state index contributed by atoms with van der Waals surface area (Å²) in [4.78, 5) is 10.8. The van der Waals surface area contributed by atoms with Crippen LogP contribution in [0.2, 0.25) is 5.02 Å². The Kier molecular flexibility index (Phi) is 6.46. The Morgan fingerprint density at radius 2 is 1.86 bits per heavy atom. The second-order valence-corrected chi connectivity index (χ2v) is 6.53. The van der Waals surface area contributed by atoms with Crippen molar-refractivity contribution in [2.24, 2.45) is 0 Å². The van der Waals surface area contributed by atoms with Gasteiger partial charge in [-0.15, -0.1) is 0 Å². The van der Waals surface area contributed by atoms with E-state index in [-0.39, 0.29) is 27.8 Å². The fourth-order valence-electron chi connectivity index (χ4n) is 1.81. The topological polar surface area (TPSA) is 102 Å². The summed E-state index contributed by atoms with van der Waals surface area (Å²) in [5.74, 6) is -0.800. The van der Waals surface area contributed by atoms with E-state index in [1.54, 1.807) is 6.92 Å². The van der Waals surface area contributed by atoms with Crippen molar-refractivity contribution in [3.05, 3.63) is 17.2 Å². The van der Waals surface area contributed by atoms with Gasteiger partial charge in [0, 0.05) is 12.1 Å². The molecule has 7 nitrogen and oxygen atoms in total. The van der Waals surface area contributed by atoms with Gasteiger partial charge in [0.2, 0.25) is 10.0 Å². The van der Waals surface area contributed by atoms with Crippen LogP contribution in [0.3, 0.4) is 0 Å². The smallest absolute Gasteiger partial charge is 0.321 e. The fourth-order valence-corrected chi connectivity index (χ4v) is 3.57. The largest absolute Gasteiger partial charge is 0.493 e. The number of sulfonamides is 1. The molecule has 1 unspecified atom stereocenters. The lowest BCUT2D eigenvalue weighted by molar-refractivity contribution is -0.139. The Morgan fingerprint density at radius 1 is 1.32 bits per heavy atom. The summed E-state index contributed by atoms with van der Waals surface area (Å²) in [5, 5.41) is 8.97. The number of aliphatic carboxylic acids is 1. The van der Waals surface area contributed by atoms with Crippen LogP contribution in [0.4, 0.5) is 0 Å². The molecule has 0 radical (unpaired) electrons. The predicted octanol–water partition coefficient (Wildman–Crippen LogP) is 1.89. The molecule has 0 saturated carbocycles. The fraction of sp³-hybridized carbons (Fsp3) is 0.462. The van der Waals surface area contributed by atoms with Gasteiger partial charge in [-0.1, -0.05) is 24.9 Å². The molecule has 0 heterocycles. The monoisotopic (exact) mass is 351 g/mol. The van der Waals surface area contributed by atoms with Gasteiger partial charge in [-0.05, 0) is 6.42 Å². The second kappa shape index (κ2) is 7.66. The molecule has 1 aromatic carbocycles. The number of methoxy groups -OCH3 is 2. The molecule has 9 heteroatoms. The van der Waals surface area contributed by atoms with Gasteiger partial charge in [0.15, 0.2) is 11.5 Å². The highest BCUT2D eigenvalue weighted by atomic mass is 35.5. The molecule has 0 aliphatic carbocycles. The Labute approximate surface area is 134 Å². The van der Waals surface area contributed by atoms with E-state index in [1.165, 1.54) is 26.4 Å². The van der Waals surface area contributed by atoms with Crippen molar-refractivity contribution in [2.75, 3.05) is 14.2 Å². The van der Waals surface area contributed by atoms with Gasteiger partial charge in [-0.2, -0.15) is 4.72 Å². The molecule has 124 valence electrons. The summed E-state index contributed by atoms with van der Waals surface area (Å²) in [6, 6.07) is 1.26. The maximum Gasteiger partial charge on any atom is 0.321 e. The highest BCUT2D eigenvalue weighted by Gasteiger charge is 2.27. The molecule has 0 fully saturated rings. The lowest BCUT2D eigenvalue weighted by Crippen LogP contribution is -2.40. The highest BCUT2D eigenvalue weighted by Crippen LogP contribution is 2.35. The van der Waals surface area contributed by atoms with Crippen LogP contribution in [-0.2, 0) is 14.8 Å². The molecule has 0 amide bonds. The van der Waals surface area contributed by atoms with E-state index in [0.717, 1.165) is 0 Å². The minimum Gasteiger partial charge on any atom is -0.493 e. The molecule has 0 aliphatic rings. The normalized spacial score (nSPS) is 12.7. The number of carboxylic acids is 1. The van der Waals surface area contributed by atoms with Crippen LogP contribution in [0.5, 0.6) is 11.5 Å². The number of hydrogen-bond donors (Lipinski definition) is 2. The van der Waals surface area contributed by atoms with E-state index >= 15 is 0 Å². The first-order valence-corrected chi connectivity index (χ1v) is 8.29. The highest BCUT2D eigenvalue weighted by molar-refractivity contribution is 7.89. The van der Waals surface area contributed by atoms with Crippen molar-refractivity contribution in [3.63, 3.8) is 0 Å². The molecular weight excluding hydrogens is 334 g/mol. The Hall–Kier alpha value is -1.51. The molecule has 0 aliphatic heterocycles. The Bertz CT molecular complexity index is 646. The van der Waals surface area contributed by atoms with E-state index in [4.69, 9.17) is 26.2 Å². The quantitative estimate of drug-likeness (QED) is 0.741. The van der Waals surface area contributed by atoms with Crippen molar-refractivity contribution in [1.29, 1.82) is 0 Å². The summed E-state index contributed by atoms with van der Waals surface area (Å²) in [6.45, 7) is 1.76. The van der Waals surface area contributed by atoms with Crippen molar-refractivity contribution >= 4 is 27.6 Å². The number of ether oxygens (including phenoxy) is 2. The van der Waals surface area contributed by atoms with Crippen LogP contribution in [0.25, 0.3) is 0 Å². The molecule has 22 heavy (non-hydrogen) atoms. The average molecular weight is 352 g/mol. The molecule has 1 atom stereocenters. The predicted molar refractivity (Wildman–Crippen MR) is 81.2 cm³/mol. The van der Waals surface area contributed by atoms with E-state index in [2.05, 4.69) is 4.72 Å². The van der Waals surface area contributed by atoms with E-state index < -0.39 is 22.0 Å². The van der Waals surface area contributed by atoms with Gasteiger partial charge >= 0.3 is 5.97 Å². The standard InChI is InChI=1S/C13H18ClNO6S/c1-4-5-9(13(16)17)15-22(18,19)12-7-11(21-3)10(20-2)6-8(12)14/h6-7,9,15H,4-5H2,1-3H3,(H,16,17). The number of halogens is 1. The lowest BCUT2D eigenvalue weighted by Gasteiger charge is -2.16. The first-order chi connectivity index (χ1) is 10.3. The van der Waals surface area contributed by atoms with Gasteiger partial charge in [-0.3, -0.25) is 4.79 Å². The first-order valence-electron chi connectivity index (χ1n) is 6.43. The minimum absolute atomic E-state index is 0.0919. The number of carbonyl (C=O) groups is 1. The van der Waals surface area contributed by atoms with E-state index in [0.29, 0.717) is 6.42 Å². The molecule has 0 aromatic heterocycles. The van der Waals surface area contributed by atoms with Crippen molar-refractivity contribution in [1.82, 2.24) is 4.72 Å². The Morgan fingerprint density at radius 3 is 2.32 bits per heavy atom. The Balaban J connectivity index is 3.25. The molecule has 0 saturated heterocycles. The van der Waals surface area contributed by atoms with Gasteiger partial charge < -0.3 is 14.6 Å². The third-order valence-corrected chi connectivity index (χ3v) is 4.84. The number of nitrogens with one attached hydrogen (secondary N) is 1. The maximum absolute atomic E-state index is 12.4. The molecule has 0 spiro atoms. The molecular formula is C13H18ClNO6S. The zero-order valence-electron chi connectivity index (χ0n) is 12.4. The van der Waals surface area contributed by atoms with Gasteiger partial charge in [-0.25, -0.2) is 8.42 Å². The minimum atomic E-state index is -4.11. The van der Waals surface area contributed by atoms with E-state index in [9.17, 15) is 13.2 Å². The summed E-state index contributed by atoms with van der Waals surface area (Å²) in [7, 11) is -1.37. The molecule has 0 bridgehead atoms. The number of rotatable bonds is 8. The molecule has 1 aromatic rings. The number of benzene rings is 1. The number of carboxylic acid groups (broad SMARTS) is 1. The summed E-state index contributed by atoms with van der Waals surface area (Å²) in [6.07, 6.45) is 0.679. The van der Waals surface area contributed by atoms with Crippen LogP contribution in [-0.4, -0.2) is 39.8 Å². The third-order valence-electron chi connectivity index (χ3n) is 2.90. The first kappa shape index (κ1) is 18.5. The number of hydrogen-bond acceptors (Lipinski definition) is 5. The van der Waals surface area contributed by atoms with Gasteiger partial charge in [0.05, 0.1) is 19.2 Å². The SMILES string of the molecule is CCCC(NS(=O)(=O)c1cc(OC)c(OC)cc1Cl)C(=O)O. The van der Waals surface area contributed by atoms with E-state index in [1.807, 2.05) is 0 Å². The van der Waals surface area contributed by atoms with Crippen molar-refractivity contribution in [2.45, 2.75) is 30.7 Å². The zero-order chi connectivity index (χ0) is 16.9. The lowest BCUT2D eigenvalue weighted by atomic mass is 10.2. The van der Waals surface area contributed by atoms with Crippen molar-refractivity contribution < 1.29 is 27.8 Å². The molecule has 2 N–H and O–H groups in total. The van der Waals surface area contributed by atoms with Crippen LogP contribution in [0.15, 0.2) is 17.0 Å². The van der Waals surface area contributed by atoms with Crippen LogP contribution in [0, 0.1) is 0 Å². The summed E-state index contributed by atoms with van der Waals surface area (Å²) >= 11 is 5.96. The van der Waals surface area contributed by atoms with Crippen LogP contribution in [0.1, 0.15) is 19.8 Å². The maximum atomic E-state index is 12.4. The van der Waals surface area contributed by atoms with Crippen LogP contribution < -0.4 is 14.2 Å². The third kappa shape index (κ3) is 4.25. The van der Waals surface area contributed by atoms with Crippen molar-refractivity contribution in [3.8, 4) is 11.5 Å². The molecule has 1 rings (SSSR count). The van der Waals surface area contributed by atoms with Gasteiger partial charge in [0.25, 0.3) is 0 Å². The second-order valence-electron chi connectivity index (χ2n) is 4.44. The summed E-state index contributed by atoms with van der Waals surface area (Å²) in [5.41, 5.74) is 0. The average Bonchev–Trinajstić information content (AvgIpc) is 2.45. The van der Waals surface area contributed by atoms with Crippen LogP contribution >= 0.6 is 11.6 Å².